The van der Waals surface area contributed by atoms with Crippen LogP contribution in [0.25, 0.3) is 17.0 Å². The van der Waals surface area contributed by atoms with Gasteiger partial charge in [0, 0.05) is 42.3 Å². The zero-order valence-electron chi connectivity index (χ0n) is 17.0. The van der Waals surface area contributed by atoms with E-state index in [0.29, 0.717) is 0 Å². The third-order valence-electron chi connectivity index (χ3n) is 5.08. The maximum Gasteiger partial charge on any atom is 0.213 e. The van der Waals surface area contributed by atoms with E-state index in [0.717, 1.165) is 24.5 Å². The van der Waals surface area contributed by atoms with E-state index in [9.17, 15) is 0 Å². The molecule has 29 heavy (non-hydrogen) atoms. The Hall–Kier alpha value is -1.95. The highest BCUT2D eigenvalue weighted by molar-refractivity contribution is 8.03. The molecule has 0 radical (unpaired) electrons. The van der Waals surface area contributed by atoms with Crippen LogP contribution in [0, 0.1) is 0 Å². The smallest absolute Gasteiger partial charge is 0.213 e. The number of anilines is 1. The molecule has 4 rings (SSSR count). The van der Waals surface area contributed by atoms with Crippen molar-refractivity contribution in [3.05, 3.63) is 71.4 Å². The van der Waals surface area contributed by atoms with Crippen LogP contribution < -0.4 is 15.2 Å². The number of para-hydroxylation sites is 2. The third-order valence-corrected chi connectivity index (χ3v) is 7.58. The second kappa shape index (κ2) is 9.24. The lowest BCUT2D eigenvalue weighted by Gasteiger charge is -2.13. The van der Waals surface area contributed by atoms with E-state index in [4.69, 9.17) is 5.73 Å². The zero-order valence-corrected chi connectivity index (χ0v) is 18.7. The molecule has 0 bridgehead atoms. The van der Waals surface area contributed by atoms with Gasteiger partial charge in [-0.1, -0.05) is 36.0 Å². The molecule has 5 heteroatoms. The van der Waals surface area contributed by atoms with Gasteiger partial charge in [0.25, 0.3) is 0 Å². The van der Waals surface area contributed by atoms with Crippen LogP contribution in [-0.2, 0) is 6.54 Å². The summed E-state index contributed by atoms with van der Waals surface area (Å²) < 4.78 is 2.38. The Morgan fingerprint density at radius 2 is 1.93 bits per heavy atom. The van der Waals surface area contributed by atoms with E-state index in [-0.39, 0.29) is 6.04 Å². The van der Waals surface area contributed by atoms with Crippen molar-refractivity contribution in [3.8, 4) is 0 Å². The van der Waals surface area contributed by atoms with Gasteiger partial charge in [0.1, 0.15) is 6.54 Å². The molecule has 0 fully saturated rings. The highest BCUT2D eigenvalue weighted by Gasteiger charge is 2.22. The van der Waals surface area contributed by atoms with Crippen LogP contribution in [0.5, 0.6) is 0 Å². The van der Waals surface area contributed by atoms with Gasteiger partial charge in [0.2, 0.25) is 5.52 Å². The minimum atomic E-state index is 0.276. The Balaban J connectivity index is 1.56. The first-order valence-corrected chi connectivity index (χ1v) is 12.1. The molecule has 1 aromatic heterocycles. The number of benzene rings is 2. The van der Waals surface area contributed by atoms with Crippen molar-refractivity contribution in [3.63, 3.8) is 0 Å². The molecule has 1 aliphatic heterocycles. The first-order chi connectivity index (χ1) is 14.1. The van der Waals surface area contributed by atoms with Gasteiger partial charge in [-0.05, 0) is 42.5 Å². The Kier molecular flexibility index (Phi) is 6.48. The maximum atomic E-state index is 5.84. The normalized spacial score (nSPS) is 15.8. The first-order valence-electron chi connectivity index (χ1n) is 10.1. The monoisotopic (exact) mass is 422 g/mol. The molecule has 0 amide bonds. The topological polar surface area (TPSA) is 33.1 Å². The van der Waals surface area contributed by atoms with Gasteiger partial charge in [0.05, 0.1) is 16.1 Å². The van der Waals surface area contributed by atoms with Crippen LogP contribution in [0.2, 0.25) is 0 Å². The van der Waals surface area contributed by atoms with E-state index < -0.39 is 0 Å². The zero-order chi connectivity index (χ0) is 20.2. The number of pyridine rings is 1. The van der Waals surface area contributed by atoms with Crippen molar-refractivity contribution in [2.45, 2.75) is 30.8 Å². The van der Waals surface area contributed by atoms with Crippen LogP contribution in [0.3, 0.4) is 0 Å². The van der Waals surface area contributed by atoms with Crippen LogP contribution in [-0.4, -0.2) is 24.6 Å². The van der Waals surface area contributed by atoms with Gasteiger partial charge in [-0.3, -0.25) is 0 Å². The summed E-state index contributed by atoms with van der Waals surface area (Å²) in [6, 6.07) is 19.8. The van der Waals surface area contributed by atoms with E-state index in [1.54, 1.807) is 0 Å². The molecular weight excluding hydrogens is 394 g/mol. The number of rotatable bonds is 7. The van der Waals surface area contributed by atoms with Gasteiger partial charge in [0.15, 0.2) is 6.20 Å². The number of nitrogens with zero attached hydrogens (tertiary/aromatic N) is 2. The molecule has 0 aliphatic carbocycles. The van der Waals surface area contributed by atoms with Crippen LogP contribution in [0.15, 0.2) is 70.7 Å². The summed E-state index contributed by atoms with van der Waals surface area (Å²) in [6.45, 7) is 3.10. The minimum absolute atomic E-state index is 0.276. The lowest BCUT2D eigenvalue weighted by molar-refractivity contribution is -0.671. The van der Waals surface area contributed by atoms with E-state index in [2.05, 4.69) is 90.3 Å². The quantitative estimate of drug-likeness (QED) is 0.422. The minimum Gasteiger partial charge on any atom is -0.338 e. The summed E-state index contributed by atoms with van der Waals surface area (Å²) in [5, 5.41) is 2.57. The molecule has 0 spiro atoms. The maximum absolute atomic E-state index is 5.84. The molecule has 1 aliphatic rings. The Morgan fingerprint density at radius 1 is 1.14 bits per heavy atom. The molecule has 2 aromatic carbocycles. The van der Waals surface area contributed by atoms with Gasteiger partial charge in [-0.15, -0.1) is 0 Å². The summed E-state index contributed by atoms with van der Waals surface area (Å²) in [7, 11) is 2.15. The summed E-state index contributed by atoms with van der Waals surface area (Å²) in [5.41, 5.74) is 9.69. The highest BCUT2D eigenvalue weighted by Crippen LogP contribution is 2.45. The number of thioether (sulfide) groups is 2. The molecule has 0 saturated heterocycles. The highest BCUT2D eigenvalue weighted by atomic mass is 32.2. The third kappa shape index (κ3) is 4.63. The largest absolute Gasteiger partial charge is 0.338 e. The van der Waals surface area contributed by atoms with Gasteiger partial charge < -0.3 is 10.6 Å². The lowest BCUT2D eigenvalue weighted by Crippen LogP contribution is -2.34. The molecule has 3 nitrogen and oxygen atoms in total. The average molecular weight is 423 g/mol. The fraction of sp³-hybridized carbons (Fsp3) is 0.292. The molecular formula is C24H28N3S2+. The number of fused-ring (bicyclic) bond motifs is 2. The van der Waals surface area contributed by atoms with Gasteiger partial charge >= 0.3 is 0 Å². The number of aryl methyl sites for hydroxylation is 1. The SMILES string of the molecule is CC(N)CSCCC[n+]1ccc(C=C2Sc3ccccc3N2C)c2ccccc21. The molecule has 150 valence electrons. The van der Waals surface area contributed by atoms with Crippen LogP contribution >= 0.6 is 23.5 Å². The van der Waals surface area contributed by atoms with Gasteiger partial charge in [-0.2, -0.15) is 16.3 Å². The van der Waals surface area contributed by atoms with E-state index in [1.165, 1.54) is 32.1 Å². The molecule has 2 heterocycles. The Bertz CT molecular complexity index is 1030. The summed E-state index contributed by atoms with van der Waals surface area (Å²) in [5.74, 6) is 2.18. The summed E-state index contributed by atoms with van der Waals surface area (Å²) in [4.78, 5) is 3.60. The molecule has 2 N–H and O–H groups in total. The number of aromatic nitrogens is 1. The van der Waals surface area contributed by atoms with Crippen molar-refractivity contribution in [1.29, 1.82) is 0 Å². The van der Waals surface area contributed by atoms with Crippen molar-refractivity contribution in [2.75, 3.05) is 23.5 Å². The predicted molar refractivity (Wildman–Crippen MR) is 128 cm³/mol. The Morgan fingerprint density at radius 3 is 2.76 bits per heavy atom. The predicted octanol–water partition coefficient (Wildman–Crippen LogP) is 5.14. The molecule has 0 saturated carbocycles. The average Bonchev–Trinajstić information content (AvgIpc) is 3.04. The van der Waals surface area contributed by atoms with Crippen LogP contribution in [0.4, 0.5) is 5.69 Å². The first kappa shape index (κ1) is 20.3. The van der Waals surface area contributed by atoms with Crippen LogP contribution in [0.1, 0.15) is 18.9 Å². The van der Waals surface area contributed by atoms with Crippen molar-refractivity contribution >= 4 is 46.2 Å². The van der Waals surface area contributed by atoms with E-state index >= 15 is 0 Å². The number of hydrogen-bond donors (Lipinski definition) is 1. The fourth-order valence-electron chi connectivity index (χ4n) is 3.62. The standard InChI is InChI=1S/C24H28N3S2/c1-18(25)17-28-15-7-13-27-14-12-19(20-8-3-4-9-21(20)27)16-24-26(2)22-10-5-6-11-23(22)29-24/h3-6,8-12,14,16,18H,7,13,15,17,25H2,1-2H3/q+1. The number of nitrogens with two attached hydrogens (primary N) is 1. The van der Waals surface area contributed by atoms with Crippen molar-refractivity contribution in [2.24, 2.45) is 5.73 Å². The second-order valence-electron chi connectivity index (χ2n) is 7.50. The number of hydrogen-bond acceptors (Lipinski definition) is 4. The van der Waals surface area contributed by atoms with Crippen molar-refractivity contribution < 1.29 is 4.57 Å². The van der Waals surface area contributed by atoms with E-state index in [1.807, 2.05) is 23.5 Å². The lowest BCUT2D eigenvalue weighted by atomic mass is 10.1. The second-order valence-corrected chi connectivity index (χ2v) is 9.71. The Labute approximate surface area is 182 Å². The molecule has 3 aromatic rings. The summed E-state index contributed by atoms with van der Waals surface area (Å²) in [6.07, 6.45) is 5.70. The summed E-state index contributed by atoms with van der Waals surface area (Å²) >= 11 is 3.79. The molecule has 1 atom stereocenters. The van der Waals surface area contributed by atoms with Crippen molar-refractivity contribution in [1.82, 2.24) is 0 Å². The van der Waals surface area contributed by atoms with Gasteiger partial charge in [-0.25, -0.2) is 0 Å². The molecule has 1 unspecified atom stereocenters. The fourth-order valence-corrected chi connectivity index (χ4v) is 5.59.